The maximum atomic E-state index is 4.69. The zero-order valence-electron chi connectivity index (χ0n) is 14.8. The maximum Gasteiger partial charge on any atom is 0.126 e. The van der Waals surface area contributed by atoms with Gasteiger partial charge in [0.2, 0.25) is 0 Å². The maximum absolute atomic E-state index is 4.69. The number of rotatable bonds is 8. The Bertz CT molecular complexity index is 416. The van der Waals surface area contributed by atoms with Gasteiger partial charge in [-0.25, -0.2) is 4.98 Å². The minimum Gasteiger partial charge on any atom is -0.370 e. The Kier molecular flexibility index (Phi) is 7.16. The van der Waals surface area contributed by atoms with Crippen molar-refractivity contribution in [3.63, 3.8) is 0 Å². The number of hydrogen-bond acceptors (Lipinski definition) is 3. The third-order valence-electron chi connectivity index (χ3n) is 4.13. The molecule has 0 fully saturated rings. The van der Waals surface area contributed by atoms with Crippen LogP contribution in [0.3, 0.4) is 0 Å². The van der Waals surface area contributed by atoms with Gasteiger partial charge in [-0.05, 0) is 36.3 Å². The van der Waals surface area contributed by atoms with Gasteiger partial charge in [0.15, 0.2) is 0 Å². The first-order valence-corrected chi connectivity index (χ1v) is 8.25. The number of nitrogens with zero attached hydrogens (tertiary/aromatic N) is 1. The van der Waals surface area contributed by atoms with E-state index in [-0.39, 0.29) is 0 Å². The van der Waals surface area contributed by atoms with Crippen LogP contribution in [0.5, 0.6) is 0 Å². The fourth-order valence-corrected chi connectivity index (χ4v) is 2.65. The van der Waals surface area contributed by atoms with Crippen LogP contribution < -0.4 is 10.6 Å². The number of anilines is 1. The lowest BCUT2D eigenvalue weighted by Crippen LogP contribution is -2.25. The van der Waals surface area contributed by atoms with E-state index in [0.29, 0.717) is 23.8 Å². The van der Waals surface area contributed by atoms with Crippen molar-refractivity contribution >= 4 is 5.82 Å². The predicted molar refractivity (Wildman–Crippen MR) is 92.6 cm³/mol. The number of nitrogens with one attached hydrogen (secondary N) is 2. The molecule has 0 aromatic carbocycles. The molecular formula is C18H33N3. The summed E-state index contributed by atoms with van der Waals surface area (Å²) >= 11 is 0. The highest BCUT2D eigenvalue weighted by molar-refractivity contribution is 5.38. The van der Waals surface area contributed by atoms with Crippen LogP contribution in [0, 0.1) is 24.7 Å². The molecule has 120 valence electrons. The summed E-state index contributed by atoms with van der Waals surface area (Å²) in [6.45, 7) is 17.5. The molecule has 1 aromatic rings. The van der Waals surface area contributed by atoms with Crippen molar-refractivity contribution in [1.82, 2.24) is 10.3 Å². The van der Waals surface area contributed by atoms with Gasteiger partial charge in [0, 0.05) is 24.8 Å². The zero-order valence-corrected chi connectivity index (χ0v) is 14.8. The number of hydrogen-bond donors (Lipinski definition) is 2. The molecule has 0 aliphatic heterocycles. The van der Waals surface area contributed by atoms with E-state index in [1.807, 2.05) is 0 Å². The molecule has 21 heavy (non-hydrogen) atoms. The molecule has 0 spiro atoms. The van der Waals surface area contributed by atoms with E-state index in [1.165, 1.54) is 5.56 Å². The lowest BCUT2D eigenvalue weighted by atomic mass is 9.85. The van der Waals surface area contributed by atoms with Crippen LogP contribution in [0.15, 0.2) is 12.1 Å². The Hall–Kier alpha value is -1.09. The first-order chi connectivity index (χ1) is 9.81. The topological polar surface area (TPSA) is 37.0 Å². The summed E-state index contributed by atoms with van der Waals surface area (Å²) in [4.78, 5) is 4.69. The molecule has 1 rings (SSSR count). The lowest BCUT2D eigenvalue weighted by molar-refractivity contribution is 0.304. The van der Waals surface area contributed by atoms with Crippen LogP contribution in [0.25, 0.3) is 0 Å². The van der Waals surface area contributed by atoms with Gasteiger partial charge in [-0.15, -0.1) is 0 Å². The molecule has 1 heterocycles. The van der Waals surface area contributed by atoms with Crippen molar-refractivity contribution in [2.45, 2.75) is 61.1 Å². The quantitative estimate of drug-likeness (QED) is 0.752. The van der Waals surface area contributed by atoms with Crippen molar-refractivity contribution < 1.29 is 0 Å². The fraction of sp³-hybridized carbons (Fsp3) is 0.722. The third-order valence-corrected chi connectivity index (χ3v) is 4.13. The van der Waals surface area contributed by atoms with Crippen LogP contribution in [0.2, 0.25) is 0 Å². The summed E-state index contributed by atoms with van der Waals surface area (Å²) < 4.78 is 0. The second kappa shape index (κ2) is 8.38. The second-order valence-corrected chi connectivity index (χ2v) is 7.01. The highest BCUT2D eigenvalue weighted by Gasteiger charge is 2.17. The molecular weight excluding hydrogens is 258 g/mol. The van der Waals surface area contributed by atoms with Crippen molar-refractivity contribution in [3.8, 4) is 0 Å². The first-order valence-electron chi connectivity index (χ1n) is 8.25. The molecule has 0 bridgehead atoms. The molecule has 0 amide bonds. The van der Waals surface area contributed by atoms with Crippen molar-refractivity contribution in [1.29, 1.82) is 0 Å². The van der Waals surface area contributed by atoms with Gasteiger partial charge in [-0.3, -0.25) is 0 Å². The molecule has 0 atom stereocenters. The van der Waals surface area contributed by atoms with E-state index >= 15 is 0 Å². The summed E-state index contributed by atoms with van der Waals surface area (Å²) in [5, 5.41) is 6.95. The largest absolute Gasteiger partial charge is 0.370 e. The standard InChI is InChI=1S/C18H33N3/c1-12(2)17(13(3)4)11-20-18-9-8-16(15(7)21-18)10-19-14(5)6/h8-9,12-14,17,19H,10-11H2,1-7H3,(H,20,21). The van der Waals surface area contributed by atoms with Gasteiger partial charge >= 0.3 is 0 Å². The van der Waals surface area contributed by atoms with Gasteiger partial charge in [0.05, 0.1) is 0 Å². The van der Waals surface area contributed by atoms with E-state index in [4.69, 9.17) is 4.98 Å². The van der Waals surface area contributed by atoms with E-state index in [2.05, 4.69) is 71.2 Å². The van der Waals surface area contributed by atoms with Crippen molar-refractivity contribution in [2.75, 3.05) is 11.9 Å². The van der Waals surface area contributed by atoms with Crippen LogP contribution in [-0.2, 0) is 6.54 Å². The lowest BCUT2D eigenvalue weighted by Gasteiger charge is -2.25. The van der Waals surface area contributed by atoms with Gasteiger partial charge in [-0.2, -0.15) is 0 Å². The van der Waals surface area contributed by atoms with E-state index in [0.717, 1.165) is 24.6 Å². The van der Waals surface area contributed by atoms with Crippen LogP contribution in [-0.4, -0.2) is 17.6 Å². The van der Waals surface area contributed by atoms with E-state index < -0.39 is 0 Å². The smallest absolute Gasteiger partial charge is 0.126 e. The average Bonchev–Trinajstić information content (AvgIpc) is 2.36. The van der Waals surface area contributed by atoms with Gasteiger partial charge < -0.3 is 10.6 Å². The van der Waals surface area contributed by atoms with Gasteiger partial charge in [0.25, 0.3) is 0 Å². The summed E-state index contributed by atoms with van der Waals surface area (Å²) in [6, 6.07) is 4.78. The van der Waals surface area contributed by atoms with Crippen molar-refractivity contribution in [3.05, 3.63) is 23.4 Å². The third kappa shape index (κ3) is 6.04. The SMILES string of the molecule is Cc1nc(NCC(C(C)C)C(C)C)ccc1CNC(C)C. The monoisotopic (exact) mass is 291 g/mol. The Morgan fingerprint density at radius 3 is 2.10 bits per heavy atom. The summed E-state index contributed by atoms with van der Waals surface area (Å²) in [6.07, 6.45) is 0. The Balaban J connectivity index is 2.63. The molecule has 1 aromatic heterocycles. The summed E-state index contributed by atoms with van der Waals surface area (Å²) in [5.74, 6) is 3.04. The molecule has 0 aliphatic carbocycles. The number of pyridine rings is 1. The van der Waals surface area contributed by atoms with E-state index in [9.17, 15) is 0 Å². The molecule has 0 saturated heterocycles. The van der Waals surface area contributed by atoms with Crippen LogP contribution >= 0.6 is 0 Å². The Labute approximate surface area is 130 Å². The van der Waals surface area contributed by atoms with Crippen LogP contribution in [0.4, 0.5) is 5.82 Å². The minimum absolute atomic E-state index is 0.500. The summed E-state index contributed by atoms with van der Waals surface area (Å²) in [5.41, 5.74) is 2.39. The Morgan fingerprint density at radius 1 is 1.00 bits per heavy atom. The van der Waals surface area contributed by atoms with Gasteiger partial charge in [-0.1, -0.05) is 47.6 Å². The predicted octanol–water partition coefficient (Wildman–Crippen LogP) is 4.23. The molecule has 3 heteroatoms. The second-order valence-electron chi connectivity index (χ2n) is 7.01. The number of aryl methyl sites for hydroxylation is 1. The highest BCUT2D eigenvalue weighted by Crippen LogP contribution is 2.21. The molecule has 0 radical (unpaired) electrons. The first kappa shape index (κ1) is 18.0. The molecule has 0 saturated carbocycles. The molecule has 0 aliphatic rings. The molecule has 3 nitrogen and oxygen atoms in total. The minimum atomic E-state index is 0.500. The summed E-state index contributed by atoms with van der Waals surface area (Å²) in [7, 11) is 0. The van der Waals surface area contributed by atoms with Crippen LogP contribution in [0.1, 0.15) is 52.8 Å². The Morgan fingerprint density at radius 2 is 1.62 bits per heavy atom. The molecule has 0 unspecified atom stereocenters. The molecule has 2 N–H and O–H groups in total. The normalized spacial score (nSPS) is 12.0. The van der Waals surface area contributed by atoms with E-state index in [1.54, 1.807) is 0 Å². The highest BCUT2D eigenvalue weighted by atomic mass is 15.0. The number of aromatic nitrogens is 1. The average molecular weight is 291 g/mol. The zero-order chi connectivity index (χ0) is 16.0. The van der Waals surface area contributed by atoms with Crippen molar-refractivity contribution in [2.24, 2.45) is 17.8 Å². The van der Waals surface area contributed by atoms with Gasteiger partial charge in [0.1, 0.15) is 5.82 Å². The fourth-order valence-electron chi connectivity index (χ4n) is 2.65.